The largest absolute Gasteiger partial charge is 0.390 e. The van der Waals surface area contributed by atoms with Gasteiger partial charge in [0.05, 0.1) is 29.5 Å². The van der Waals surface area contributed by atoms with Crippen molar-refractivity contribution in [2.24, 2.45) is 34.5 Å². The minimum atomic E-state index is -1.28. The molecule has 6 nitrogen and oxygen atoms in total. The average molecular weight is 465 g/mol. The molecule has 0 heterocycles. The second kappa shape index (κ2) is 8.12. The lowest BCUT2D eigenvalue weighted by atomic mass is 9.47. The van der Waals surface area contributed by atoms with Crippen LogP contribution >= 0.6 is 0 Å². The summed E-state index contributed by atoms with van der Waals surface area (Å²) in [5, 5.41) is 53.3. The molecule has 0 bridgehead atoms. The van der Waals surface area contributed by atoms with Crippen LogP contribution in [0.4, 0.5) is 0 Å². The van der Waals surface area contributed by atoms with Gasteiger partial charge in [-0.05, 0) is 107 Å². The van der Waals surface area contributed by atoms with Crippen molar-refractivity contribution in [2.75, 3.05) is 0 Å². The van der Waals surface area contributed by atoms with Crippen LogP contribution in [0.15, 0.2) is 11.6 Å². The highest BCUT2D eigenvalue weighted by Gasteiger charge is 2.63. The molecule has 33 heavy (non-hydrogen) atoms. The second-order valence-corrected chi connectivity index (χ2v) is 13.1. The summed E-state index contributed by atoms with van der Waals surface area (Å²) in [4.78, 5) is 13.2. The van der Waals surface area contributed by atoms with E-state index >= 15 is 0 Å². The summed E-state index contributed by atoms with van der Waals surface area (Å²) in [6, 6.07) is 0. The van der Waals surface area contributed by atoms with Crippen LogP contribution in [0, 0.1) is 34.5 Å². The fraction of sp³-hybridized carbons (Fsp3) is 0.889. The number of rotatable bonds is 5. The fourth-order valence-corrected chi connectivity index (χ4v) is 8.37. The summed E-state index contributed by atoms with van der Waals surface area (Å²) in [6.45, 7) is 9.49. The number of ketones is 1. The van der Waals surface area contributed by atoms with Gasteiger partial charge in [-0.15, -0.1) is 0 Å². The van der Waals surface area contributed by atoms with E-state index in [1.807, 2.05) is 6.08 Å². The highest BCUT2D eigenvalue weighted by molar-refractivity contribution is 5.94. The van der Waals surface area contributed by atoms with Crippen LogP contribution in [0.25, 0.3) is 0 Å². The maximum absolute atomic E-state index is 13.2. The Morgan fingerprint density at radius 2 is 1.64 bits per heavy atom. The normalized spacial score (nSPS) is 46.0. The van der Waals surface area contributed by atoms with Gasteiger partial charge in [-0.3, -0.25) is 4.79 Å². The summed E-state index contributed by atoms with van der Waals surface area (Å²) < 4.78 is 0. The van der Waals surface area contributed by atoms with Crippen molar-refractivity contribution in [3.8, 4) is 0 Å². The highest BCUT2D eigenvalue weighted by Crippen LogP contribution is 2.67. The van der Waals surface area contributed by atoms with E-state index in [2.05, 4.69) is 13.8 Å². The van der Waals surface area contributed by atoms with E-state index in [4.69, 9.17) is 0 Å². The molecule has 4 aliphatic carbocycles. The first-order valence-electron chi connectivity index (χ1n) is 12.9. The molecule has 0 aliphatic heterocycles. The summed E-state index contributed by atoms with van der Waals surface area (Å²) in [7, 11) is 0. The van der Waals surface area contributed by atoms with Gasteiger partial charge in [-0.2, -0.15) is 0 Å². The van der Waals surface area contributed by atoms with Crippen molar-refractivity contribution < 1.29 is 30.3 Å². The third-order valence-electron chi connectivity index (χ3n) is 10.3. The van der Waals surface area contributed by atoms with Gasteiger partial charge in [-0.25, -0.2) is 0 Å². The van der Waals surface area contributed by atoms with Crippen LogP contribution in [0.3, 0.4) is 0 Å². The predicted octanol–water partition coefficient (Wildman–Crippen LogP) is 2.74. The number of carbonyl (C=O) groups excluding carboxylic acids is 1. The standard InChI is InChI=1S/C27H44O6/c1-24(2,32)10-9-23(31)27(5,33)22-7-6-16-15-12-19(28)18-13-20(29)21(30)14-26(18,4)17(15)8-11-25(16,22)3/h12,16-18,20-23,29-33H,6-11,13-14H2,1-5H3/t16?,17?,18?,20-,21+,22?,23-,25?,26?,27-/m1/s1. The van der Waals surface area contributed by atoms with E-state index in [1.165, 1.54) is 5.57 Å². The minimum absolute atomic E-state index is 0.0689. The predicted molar refractivity (Wildman–Crippen MR) is 125 cm³/mol. The first-order chi connectivity index (χ1) is 15.1. The van der Waals surface area contributed by atoms with E-state index in [0.717, 1.165) is 25.7 Å². The van der Waals surface area contributed by atoms with E-state index in [9.17, 15) is 30.3 Å². The monoisotopic (exact) mass is 464 g/mol. The lowest BCUT2D eigenvalue weighted by Crippen LogP contribution is -2.57. The maximum Gasteiger partial charge on any atom is 0.159 e. The zero-order valence-corrected chi connectivity index (χ0v) is 20.9. The fourth-order valence-electron chi connectivity index (χ4n) is 8.37. The Morgan fingerprint density at radius 3 is 2.27 bits per heavy atom. The minimum Gasteiger partial charge on any atom is -0.390 e. The second-order valence-electron chi connectivity index (χ2n) is 13.1. The van der Waals surface area contributed by atoms with Crippen LogP contribution in [0.5, 0.6) is 0 Å². The quantitative estimate of drug-likeness (QED) is 0.427. The van der Waals surface area contributed by atoms with Crippen molar-refractivity contribution in [2.45, 2.75) is 115 Å². The highest BCUT2D eigenvalue weighted by atomic mass is 16.3. The zero-order chi connectivity index (χ0) is 24.6. The van der Waals surface area contributed by atoms with Crippen LogP contribution in [-0.4, -0.2) is 60.8 Å². The molecular weight excluding hydrogens is 420 g/mol. The van der Waals surface area contributed by atoms with Crippen molar-refractivity contribution in [1.29, 1.82) is 0 Å². The van der Waals surface area contributed by atoms with E-state index in [-0.39, 0.29) is 40.3 Å². The summed E-state index contributed by atoms with van der Waals surface area (Å²) in [5.41, 5.74) is -1.58. The number of aliphatic hydroxyl groups excluding tert-OH is 3. The van der Waals surface area contributed by atoms with E-state index in [1.54, 1.807) is 20.8 Å². The van der Waals surface area contributed by atoms with E-state index in [0.29, 0.717) is 25.7 Å². The molecule has 0 spiro atoms. The third kappa shape index (κ3) is 4.04. The first kappa shape index (κ1) is 25.3. The van der Waals surface area contributed by atoms with Gasteiger partial charge >= 0.3 is 0 Å². The molecule has 3 saturated carbocycles. The molecule has 10 atom stereocenters. The smallest absolute Gasteiger partial charge is 0.159 e. The third-order valence-corrected chi connectivity index (χ3v) is 10.3. The van der Waals surface area contributed by atoms with Crippen LogP contribution < -0.4 is 0 Å². The molecule has 0 amide bonds. The Morgan fingerprint density at radius 1 is 1.00 bits per heavy atom. The van der Waals surface area contributed by atoms with Crippen molar-refractivity contribution in [3.05, 3.63) is 11.6 Å². The summed E-state index contributed by atoms with van der Waals surface area (Å²) >= 11 is 0. The van der Waals surface area contributed by atoms with Gasteiger partial charge in [0.15, 0.2) is 5.78 Å². The van der Waals surface area contributed by atoms with Crippen molar-refractivity contribution in [1.82, 2.24) is 0 Å². The number of allylic oxidation sites excluding steroid dienone is 2. The van der Waals surface area contributed by atoms with Crippen LogP contribution in [0.1, 0.15) is 86.0 Å². The van der Waals surface area contributed by atoms with Crippen molar-refractivity contribution >= 4 is 5.78 Å². The molecule has 3 fully saturated rings. The molecule has 0 radical (unpaired) electrons. The first-order valence-corrected chi connectivity index (χ1v) is 12.9. The number of carbonyl (C=O) groups is 1. The molecule has 6 unspecified atom stereocenters. The molecule has 0 aromatic carbocycles. The Hall–Kier alpha value is -0.790. The molecule has 6 heteroatoms. The van der Waals surface area contributed by atoms with Gasteiger partial charge in [0.25, 0.3) is 0 Å². The van der Waals surface area contributed by atoms with Gasteiger partial charge < -0.3 is 25.5 Å². The van der Waals surface area contributed by atoms with Crippen LogP contribution in [-0.2, 0) is 4.79 Å². The number of fused-ring (bicyclic) bond motifs is 5. The lowest BCUT2D eigenvalue weighted by molar-refractivity contribution is -0.151. The van der Waals surface area contributed by atoms with Crippen molar-refractivity contribution in [3.63, 3.8) is 0 Å². The molecular formula is C27H44O6. The average Bonchev–Trinajstić information content (AvgIpc) is 3.06. The summed E-state index contributed by atoms with van der Waals surface area (Å²) in [5.74, 6) is 0.0783. The number of aliphatic hydroxyl groups is 5. The Balaban J connectivity index is 1.61. The number of hydrogen-bond acceptors (Lipinski definition) is 6. The van der Waals surface area contributed by atoms with E-state index < -0.39 is 29.5 Å². The molecule has 5 N–H and O–H groups in total. The molecule has 188 valence electrons. The Bertz CT molecular complexity index is 812. The molecule has 0 saturated heterocycles. The SMILES string of the molecule is CC(C)(O)CC[C@@H](O)[C@](C)(O)C1CCC2C3=CC(=O)C4C[C@@H](O)[C@@H](O)CC4(C)C3CCC21C. The lowest BCUT2D eigenvalue weighted by Gasteiger charge is -2.58. The maximum atomic E-state index is 13.2. The Labute approximate surface area is 198 Å². The van der Waals surface area contributed by atoms with Gasteiger partial charge in [0.2, 0.25) is 0 Å². The topological polar surface area (TPSA) is 118 Å². The molecule has 4 rings (SSSR count). The summed E-state index contributed by atoms with van der Waals surface area (Å²) in [6.07, 6.45) is 4.21. The van der Waals surface area contributed by atoms with Gasteiger partial charge in [-0.1, -0.05) is 19.4 Å². The van der Waals surface area contributed by atoms with Crippen LogP contribution in [0.2, 0.25) is 0 Å². The molecule has 4 aliphatic rings. The molecule has 0 aromatic rings. The number of hydrogen-bond donors (Lipinski definition) is 5. The van der Waals surface area contributed by atoms with Gasteiger partial charge in [0, 0.05) is 5.92 Å². The Kier molecular flexibility index (Phi) is 6.23. The zero-order valence-electron chi connectivity index (χ0n) is 20.9. The van der Waals surface area contributed by atoms with Gasteiger partial charge in [0.1, 0.15) is 0 Å². The molecule has 0 aromatic heterocycles.